The van der Waals surface area contributed by atoms with E-state index < -0.39 is 11.6 Å². The number of hydrogen-bond donors (Lipinski definition) is 0. The number of rotatable bonds is 7. The van der Waals surface area contributed by atoms with Crippen molar-refractivity contribution >= 4 is 0 Å². The molecule has 1 saturated heterocycles. The number of morpholine rings is 1. The Morgan fingerprint density at radius 1 is 1.16 bits per heavy atom. The SMILES string of the molecule is Cc1nn(C)cc1CN1CCO[C@H](c2cc(CCOc3ccc(F)c(F)c3)n(C)n2)C1. The summed E-state index contributed by atoms with van der Waals surface area (Å²) in [6, 6.07) is 5.56. The Labute approximate surface area is 180 Å². The summed E-state index contributed by atoms with van der Waals surface area (Å²) in [6.45, 7) is 5.47. The number of aryl methyl sites for hydroxylation is 3. The van der Waals surface area contributed by atoms with Crippen LogP contribution in [0.25, 0.3) is 0 Å². The van der Waals surface area contributed by atoms with E-state index in [0.717, 1.165) is 48.8 Å². The number of halogens is 2. The summed E-state index contributed by atoms with van der Waals surface area (Å²) >= 11 is 0. The van der Waals surface area contributed by atoms with Gasteiger partial charge < -0.3 is 9.47 Å². The van der Waals surface area contributed by atoms with Crippen LogP contribution in [0, 0.1) is 18.6 Å². The van der Waals surface area contributed by atoms with Gasteiger partial charge in [-0.2, -0.15) is 10.2 Å². The monoisotopic (exact) mass is 431 g/mol. The first-order chi connectivity index (χ1) is 14.9. The van der Waals surface area contributed by atoms with E-state index >= 15 is 0 Å². The Kier molecular flexibility index (Phi) is 6.33. The maximum absolute atomic E-state index is 13.3. The van der Waals surface area contributed by atoms with Gasteiger partial charge in [0.1, 0.15) is 11.9 Å². The summed E-state index contributed by atoms with van der Waals surface area (Å²) in [4.78, 5) is 2.36. The minimum Gasteiger partial charge on any atom is -0.493 e. The lowest BCUT2D eigenvalue weighted by Gasteiger charge is -2.31. The van der Waals surface area contributed by atoms with Crippen LogP contribution in [0.4, 0.5) is 8.78 Å². The van der Waals surface area contributed by atoms with Crippen LogP contribution in [0.3, 0.4) is 0 Å². The highest BCUT2D eigenvalue weighted by atomic mass is 19.2. The number of benzene rings is 1. The quantitative estimate of drug-likeness (QED) is 0.576. The third kappa shape index (κ3) is 5.11. The lowest BCUT2D eigenvalue weighted by Crippen LogP contribution is -2.38. The summed E-state index contributed by atoms with van der Waals surface area (Å²) in [5, 5.41) is 9.05. The molecule has 0 spiro atoms. The van der Waals surface area contributed by atoms with Crippen LogP contribution in [0.15, 0.2) is 30.5 Å². The molecule has 3 heterocycles. The van der Waals surface area contributed by atoms with E-state index in [-0.39, 0.29) is 6.10 Å². The molecular weight excluding hydrogens is 404 g/mol. The molecule has 4 rings (SSSR count). The molecule has 2 aromatic heterocycles. The summed E-state index contributed by atoms with van der Waals surface area (Å²) in [5.74, 6) is -1.50. The van der Waals surface area contributed by atoms with Gasteiger partial charge in [-0.25, -0.2) is 8.78 Å². The van der Waals surface area contributed by atoms with Crippen LogP contribution in [0.5, 0.6) is 5.75 Å². The molecule has 31 heavy (non-hydrogen) atoms. The minimum atomic E-state index is -0.916. The molecule has 1 aliphatic heterocycles. The second-order valence-corrected chi connectivity index (χ2v) is 7.87. The smallest absolute Gasteiger partial charge is 0.162 e. The standard InChI is InChI=1S/C22H27F2N5O2/c1-15-16(12-27(2)25-15)13-29-7-9-31-22(14-29)21-10-17(28(3)26-21)6-8-30-18-4-5-19(23)20(24)11-18/h4-5,10-12,22H,6-9,13-14H2,1-3H3/t22-/m0/s1. The third-order valence-electron chi connectivity index (χ3n) is 5.50. The average Bonchev–Trinajstić information content (AvgIpc) is 3.26. The fraction of sp³-hybridized carbons (Fsp3) is 0.455. The van der Waals surface area contributed by atoms with E-state index in [4.69, 9.17) is 9.47 Å². The molecule has 0 radical (unpaired) electrons. The molecule has 0 N–H and O–H groups in total. The zero-order chi connectivity index (χ0) is 22.0. The van der Waals surface area contributed by atoms with Crippen molar-refractivity contribution in [3.63, 3.8) is 0 Å². The Hall–Kier alpha value is -2.78. The van der Waals surface area contributed by atoms with Crippen LogP contribution < -0.4 is 4.74 Å². The molecule has 0 bridgehead atoms. The van der Waals surface area contributed by atoms with Gasteiger partial charge in [-0.1, -0.05) is 0 Å². The van der Waals surface area contributed by atoms with Gasteiger partial charge in [0.05, 0.1) is 24.6 Å². The van der Waals surface area contributed by atoms with Crippen LogP contribution >= 0.6 is 0 Å². The first kappa shape index (κ1) is 21.5. The maximum Gasteiger partial charge on any atom is 0.162 e. The van der Waals surface area contributed by atoms with E-state index in [0.29, 0.717) is 25.4 Å². The van der Waals surface area contributed by atoms with Gasteiger partial charge in [0.25, 0.3) is 0 Å². The van der Waals surface area contributed by atoms with E-state index in [2.05, 4.69) is 21.3 Å². The maximum atomic E-state index is 13.3. The summed E-state index contributed by atoms with van der Waals surface area (Å²) in [5.41, 5.74) is 4.14. The van der Waals surface area contributed by atoms with Crippen molar-refractivity contribution in [2.45, 2.75) is 26.0 Å². The first-order valence-corrected chi connectivity index (χ1v) is 10.3. The lowest BCUT2D eigenvalue weighted by molar-refractivity contribution is -0.0352. The van der Waals surface area contributed by atoms with Crippen LogP contribution in [0.1, 0.15) is 28.7 Å². The fourth-order valence-electron chi connectivity index (χ4n) is 3.83. The van der Waals surface area contributed by atoms with Gasteiger partial charge in [0.15, 0.2) is 11.6 Å². The van der Waals surface area contributed by atoms with Crippen molar-refractivity contribution in [2.24, 2.45) is 14.1 Å². The first-order valence-electron chi connectivity index (χ1n) is 10.3. The summed E-state index contributed by atoms with van der Waals surface area (Å²) in [6.07, 6.45) is 2.55. The predicted octanol–water partition coefficient (Wildman–Crippen LogP) is 2.94. The van der Waals surface area contributed by atoms with Crippen LogP contribution in [-0.4, -0.2) is 50.8 Å². The molecule has 1 fully saturated rings. The van der Waals surface area contributed by atoms with Gasteiger partial charge in [-0.3, -0.25) is 14.3 Å². The lowest BCUT2D eigenvalue weighted by atomic mass is 10.1. The number of nitrogens with zero attached hydrogens (tertiary/aromatic N) is 5. The molecule has 9 heteroatoms. The topological polar surface area (TPSA) is 57.3 Å². The molecule has 1 aliphatic rings. The Morgan fingerprint density at radius 2 is 2.00 bits per heavy atom. The van der Waals surface area contributed by atoms with Gasteiger partial charge in [0, 0.05) is 63.7 Å². The molecule has 1 atom stereocenters. The van der Waals surface area contributed by atoms with E-state index in [1.165, 1.54) is 11.6 Å². The van der Waals surface area contributed by atoms with Gasteiger partial charge in [-0.15, -0.1) is 0 Å². The van der Waals surface area contributed by atoms with E-state index in [1.54, 1.807) is 0 Å². The molecule has 1 aromatic carbocycles. The van der Waals surface area contributed by atoms with Crippen molar-refractivity contribution in [1.29, 1.82) is 0 Å². The van der Waals surface area contributed by atoms with Gasteiger partial charge in [-0.05, 0) is 25.1 Å². The number of hydrogen-bond acceptors (Lipinski definition) is 5. The van der Waals surface area contributed by atoms with Gasteiger partial charge >= 0.3 is 0 Å². The fourth-order valence-corrected chi connectivity index (χ4v) is 3.83. The second-order valence-electron chi connectivity index (χ2n) is 7.87. The average molecular weight is 431 g/mol. The molecule has 3 aromatic rings. The zero-order valence-corrected chi connectivity index (χ0v) is 18.0. The Balaban J connectivity index is 1.35. The summed E-state index contributed by atoms with van der Waals surface area (Å²) in [7, 11) is 3.82. The predicted molar refractivity (Wildman–Crippen MR) is 111 cm³/mol. The zero-order valence-electron chi connectivity index (χ0n) is 18.0. The second kappa shape index (κ2) is 9.15. The summed E-state index contributed by atoms with van der Waals surface area (Å²) < 4.78 is 41.5. The minimum absolute atomic E-state index is 0.0993. The highest BCUT2D eigenvalue weighted by Crippen LogP contribution is 2.24. The Morgan fingerprint density at radius 3 is 2.74 bits per heavy atom. The molecule has 0 aliphatic carbocycles. The molecule has 0 saturated carbocycles. The third-order valence-corrected chi connectivity index (χ3v) is 5.50. The molecule has 166 valence electrons. The highest BCUT2D eigenvalue weighted by molar-refractivity contribution is 5.24. The largest absolute Gasteiger partial charge is 0.493 e. The van der Waals surface area contributed by atoms with Crippen molar-refractivity contribution < 1.29 is 18.3 Å². The van der Waals surface area contributed by atoms with E-state index in [1.807, 2.05) is 36.4 Å². The van der Waals surface area contributed by atoms with E-state index in [9.17, 15) is 8.78 Å². The number of aromatic nitrogens is 4. The number of ether oxygens (including phenoxy) is 2. The van der Waals surface area contributed by atoms with Crippen LogP contribution in [-0.2, 0) is 31.8 Å². The Bertz CT molecular complexity index is 1050. The molecule has 0 amide bonds. The van der Waals surface area contributed by atoms with Crippen molar-refractivity contribution in [2.75, 3.05) is 26.3 Å². The normalized spacial score (nSPS) is 17.3. The molecular formula is C22H27F2N5O2. The van der Waals surface area contributed by atoms with Gasteiger partial charge in [0.2, 0.25) is 0 Å². The van der Waals surface area contributed by atoms with Crippen molar-refractivity contribution in [1.82, 2.24) is 24.5 Å². The van der Waals surface area contributed by atoms with Crippen molar-refractivity contribution in [3.8, 4) is 5.75 Å². The van der Waals surface area contributed by atoms with Crippen LogP contribution in [0.2, 0.25) is 0 Å². The molecule has 7 nitrogen and oxygen atoms in total. The van der Waals surface area contributed by atoms with Crippen molar-refractivity contribution in [3.05, 3.63) is 64.7 Å². The highest BCUT2D eigenvalue weighted by Gasteiger charge is 2.25. The molecule has 0 unspecified atom stereocenters.